The molecule has 4 rings (SSSR count). The van der Waals surface area contributed by atoms with Gasteiger partial charge in [0.05, 0.1) is 23.9 Å². The van der Waals surface area contributed by atoms with Crippen molar-refractivity contribution in [3.63, 3.8) is 0 Å². The molecule has 3 aromatic rings. The molecule has 0 saturated carbocycles. The van der Waals surface area contributed by atoms with Crippen LogP contribution in [0.3, 0.4) is 0 Å². The van der Waals surface area contributed by atoms with Crippen molar-refractivity contribution in [2.45, 2.75) is 6.18 Å². The number of carbonyl (C=O) groups is 2. The smallest absolute Gasteiger partial charge is 0.416 e. The number of nitrogens with zero attached hydrogens (tertiary/aromatic N) is 1. The molecule has 1 heterocycles. The van der Waals surface area contributed by atoms with E-state index < -0.39 is 23.6 Å². The van der Waals surface area contributed by atoms with E-state index in [-0.39, 0.29) is 17.0 Å². The van der Waals surface area contributed by atoms with Crippen LogP contribution in [0.25, 0.3) is 5.57 Å². The van der Waals surface area contributed by atoms with E-state index >= 15 is 0 Å². The molecule has 0 atom stereocenters. The number of halogens is 3. The lowest BCUT2D eigenvalue weighted by molar-refractivity contribution is -0.137. The third-order valence-electron chi connectivity index (χ3n) is 4.94. The normalized spacial score (nSPS) is 14.2. The fraction of sp³-hybridized carbons (Fsp3) is 0.0833. The topological polar surface area (TPSA) is 58.6 Å². The van der Waals surface area contributed by atoms with Crippen LogP contribution in [-0.2, 0) is 15.8 Å². The number of methoxy groups -OCH3 is 1. The van der Waals surface area contributed by atoms with Gasteiger partial charge in [0.1, 0.15) is 11.4 Å². The fourth-order valence-electron chi connectivity index (χ4n) is 3.40. The molecule has 1 aliphatic rings. The van der Waals surface area contributed by atoms with Crippen molar-refractivity contribution >= 4 is 28.8 Å². The van der Waals surface area contributed by atoms with Gasteiger partial charge in [-0.25, -0.2) is 4.90 Å². The Hall–Kier alpha value is -4.07. The Bertz CT molecular complexity index is 1200. The number of anilines is 2. The largest absolute Gasteiger partial charge is 0.497 e. The van der Waals surface area contributed by atoms with Crippen molar-refractivity contribution < 1.29 is 27.5 Å². The maximum atomic E-state index is 13.3. The summed E-state index contributed by atoms with van der Waals surface area (Å²) in [7, 11) is 1.50. The molecule has 0 radical (unpaired) electrons. The molecule has 0 aromatic heterocycles. The van der Waals surface area contributed by atoms with Gasteiger partial charge >= 0.3 is 6.18 Å². The van der Waals surface area contributed by atoms with Gasteiger partial charge in [0.2, 0.25) is 0 Å². The Morgan fingerprint density at radius 1 is 0.844 bits per heavy atom. The molecule has 0 unspecified atom stereocenters. The highest BCUT2D eigenvalue weighted by atomic mass is 19.4. The monoisotopic (exact) mass is 438 g/mol. The minimum absolute atomic E-state index is 0.0225. The highest BCUT2D eigenvalue weighted by Gasteiger charge is 2.40. The van der Waals surface area contributed by atoms with Gasteiger partial charge in [-0.05, 0) is 42.0 Å². The van der Waals surface area contributed by atoms with Crippen LogP contribution in [0.1, 0.15) is 11.1 Å². The summed E-state index contributed by atoms with van der Waals surface area (Å²) in [6, 6.07) is 19.3. The van der Waals surface area contributed by atoms with E-state index in [1.165, 1.54) is 7.11 Å². The quantitative estimate of drug-likeness (QED) is 0.563. The van der Waals surface area contributed by atoms with Gasteiger partial charge in [0.25, 0.3) is 11.8 Å². The molecule has 5 nitrogen and oxygen atoms in total. The summed E-state index contributed by atoms with van der Waals surface area (Å²) in [5.41, 5.74) is 0.344. The number of nitrogens with one attached hydrogen (secondary N) is 1. The highest BCUT2D eigenvalue weighted by molar-refractivity contribution is 6.46. The van der Waals surface area contributed by atoms with Crippen molar-refractivity contribution in [1.29, 1.82) is 0 Å². The zero-order chi connectivity index (χ0) is 22.9. The third-order valence-corrected chi connectivity index (χ3v) is 4.94. The predicted octanol–water partition coefficient (Wildman–Crippen LogP) is 5.11. The SMILES string of the molecule is COc1cccc(NC2=C(c3ccccc3)C(=O)N(c3ccc(C(F)(F)F)cc3)C2=O)c1. The van der Waals surface area contributed by atoms with Crippen LogP contribution < -0.4 is 15.0 Å². The van der Waals surface area contributed by atoms with Gasteiger partial charge < -0.3 is 10.1 Å². The maximum Gasteiger partial charge on any atom is 0.416 e. The Balaban J connectivity index is 1.76. The van der Waals surface area contributed by atoms with Gasteiger partial charge in [0.15, 0.2) is 0 Å². The first kappa shape index (κ1) is 21.2. The number of carbonyl (C=O) groups excluding carboxylic acids is 2. The number of hydrogen-bond donors (Lipinski definition) is 1. The zero-order valence-electron chi connectivity index (χ0n) is 16.8. The Morgan fingerprint density at radius 2 is 1.53 bits per heavy atom. The summed E-state index contributed by atoms with van der Waals surface area (Å²) in [4.78, 5) is 27.4. The van der Waals surface area contributed by atoms with E-state index in [1.54, 1.807) is 54.6 Å². The number of benzene rings is 3. The van der Waals surface area contributed by atoms with Crippen molar-refractivity contribution in [1.82, 2.24) is 0 Å². The van der Waals surface area contributed by atoms with Crippen LogP contribution in [0, 0.1) is 0 Å². The number of amides is 2. The summed E-state index contributed by atoms with van der Waals surface area (Å²) >= 11 is 0. The molecule has 0 aliphatic carbocycles. The maximum absolute atomic E-state index is 13.3. The lowest BCUT2D eigenvalue weighted by atomic mass is 10.0. The van der Waals surface area contributed by atoms with Gasteiger partial charge in [0, 0.05) is 11.8 Å². The van der Waals surface area contributed by atoms with Crippen LogP contribution in [0.4, 0.5) is 24.5 Å². The highest BCUT2D eigenvalue weighted by Crippen LogP contribution is 2.36. The lowest BCUT2D eigenvalue weighted by Gasteiger charge is -2.16. The summed E-state index contributed by atoms with van der Waals surface area (Å²) < 4.78 is 44.0. The molecule has 162 valence electrons. The fourth-order valence-corrected chi connectivity index (χ4v) is 3.40. The van der Waals surface area contributed by atoms with Crippen molar-refractivity contribution in [2.24, 2.45) is 0 Å². The van der Waals surface area contributed by atoms with E-state index in [1.807, 2.05) is 0 Å². The number of rotatable bonds is 5. The molecule has 2 amide bonds. The Morgan fingerprint density at radius 3 is 2.16 bits per heavy atom. The van der Waals surface area contributed by atoms with Crippen LogP contribution in [-0.4, -0.2) is 18.9 Å². The average molecular weight is 438 g/mol. The second-order valence-electron chi connectivity index (χ2n) is 6.96. The van der Waals surface area contributed by atoms with Crippen molar-refractivity contribution in [3.8, 4) is 5.75 Å². The first-order valence-electron chi connectivity index (χ1n) is 9.56. The van der Waals surface area contributed by atoms with E-state index in [9.17, 15) is 22.8 Å². The first-order chi connectivity index (χ1) is 15.3. The van der Waals surface area contributed by atoms with Crippen molar-refractivity contribution in [2.75, 3.05) is 17.3 Å². The molecule has 8 heteroatoms. The van der Waals surface area contributed by atoms with Gasteiger partial charge in [-0.15, -0.1) is 0 Å². The predicted molar refractivity (Wildman–Crippen MR) is 114 cm³/mol. The van der Waals surface area contributed by atoms with Gasteiger partial charge in [-0.2, -0.15) is 13.2 Å². The van der Waals surface area contributed by atoms with E-state index in [4.69, 9.17) is 4.74 Å². The van der Waals surface area contributed by atoms with Crippen LogP contribution in [0.15, 0.2) is 84.6 Å². The summed E-state index contributed by atoms with van der Waals surface area (Å²) in [5, 5.41) is 2.99. The molecule has 1 N–H and O–H groups in total. The van der Waals surface area contributed by atoms with Crippen LogP contribution >= 0.6 is 0 Å². The first-order valence-corrected chi connectivity index (χ1v) is 9.56. The molecule has 0 spiro atoms. The molecule has 0 fully saturated rings. The van der Waals surface area contributed by atoms with Gasteiger partial charge in [-0.1, -0.05) is 36.4 Å². The van der Waals surface area contributed by atoms with Crippen molar-refractivity contribution in [3.05, 3.63) is 95.7 Å². The Kier molecular flexibility index (Phi) is 5.44. The molecule has 0 saturated heterocycles. The molecule has 32 heavy (non-hydrogen) atoms. The van der Waals surface area contributed by atoms with Gasteiger partial charge in [-0.3, -0.25) is 9.59 Å². The van der Waals surface area contributed by atoms with Crippen LogP contribution in [0.2, 0.25) is 0 Å². The number of hydrogen-bond acceptors (Lipinski definition) is 4. The molecular weight excluding hydrogens is 421 g/mol. The minimum Gasteiger partial charge on any atom is -0.497 e. The van der Waals surface area contributed by atoms with E-state index in [2.05, 4.69) is 5.32 Å². The second-order valence-corrected chi connectivity index (χ2v) is 6.96. The summed E-state index contributed by atoms with van der Waals surface area (Å²) in [5.74, 6) is -0.754. The number of alkyl halides is 3. The summed E-state index contributed by atoms with van der Waals surface area (Å²) in [6.45, 7) is 0. The molecule has 0 bridgehead atoms. The van der Waals surface area contributed by atoms with E-state index in [0.717, 1.165) is 29.2 Å². The average Bonchev–Trinajstić information content (AvgIpc) is 3.03. The second kappa shape index (κ2) is 8.22. The Labute approximate surface area is 181 Å². The molecular formula is C24H17F3N2O3. The summed E-state index contributed by atoms with van der Waals surface area (Å²) in [6.07, 6.45) is -4.52. The van der Waals surface area contributed by atoms with Crippen LogP contribution in [0.5, 0.6) is 5.75 Å². The zero-order valence-corrected chi connectivity index (χ0v) is 16.8. The van der Waals surface area contributed by atoms with E-state index in [0.29, 0.717) is 17.0 Å². The lowest BCUT2D eigenvalue weighted by Crippen LogP contribution is -2.32. The number of imide groups is 1. The standard InChI is InChI=1S/C24H17F3N2O3/c1-32-19-9-5-8-17(14-19)28-21-20(15-6-3-2-4-7-15)22(30)29(23(21)31)18-12-10-16(11-13-18)24(25,26)27/h2-14,28H,1H3. The minimum atomic E-state index is -4.52. The number of ether oxygens (including phenoxy) is 1. The third kappa shape index (κ3) is 3.94. The molecule has 3 aromatic carbocycles. The molecule has 1 aliphatic heterocycles.